The summed E-state index contributed by atoms with van der Waals surface area (Å²) in [7, 11) is 1.84. The van der Waals surface area contributed by atoms with Crippen LogP contribution in [-0.4, -0.2) is 43.6 Å². The summed E-state index contributed by atoms with van der Waals surface area (Å²) in [5.74, 6) is 1.58. The minimum absolute atomic E-state index is 0.0117. The minimum Gasteiger partial charge on any atom is -0.463 e. The third-order valence-corrected chi connectivity index (χ3v) is 6.41. The van der Waals surface area contributed by atoms with Gasteiger partial charge in [0.25, 0.3) is 5.91 Å². The molecule has 1 aromatic carbocycles. The van der Waals surface area contributed by atoms with Crippen molar-refractivity contribution >= 4 is 28.0 Å². The zero-order valence-electron chi connectivity index (χ0n) is 18.5. The number of benzene rings is 1. The molecule has 0 unspecified atom stereocenters. The molecule has 0 atom stereocenters. The van der Waals surface area contributed by atoms with Crippen molar-refractivity contribution in [1.82, 2.24) is 24.6 Å². The van der Waals surface area contributed by atoms with Crippen LogP contribution >= 0.6 is 0 Å². The van der Waals surface area contributed by atoms with Crippen LogP contribution in [-0.2, 0) is 7.05 Å². The van der Waals surface area contributed by atoms with E-state index in [1.54, 1.807) is 10.9 Å². The summed E-state index contributed by atoms with van der Waals surface area (Å²) >= 11 is 0. The number of pyridine rings is 1. The molecule has 6 rings (SSSR count). The monoisotopic (exact) mass is 441 g/mol. The molecule has 33 heavy (non-hydrogen) atoms. The number of likely N-dealkylation sites (tertiary alicyclic amines) is 1. The number of aromatic nitrogens is 4. The second kappa shape index (κ2) is 7.58. The summed E-state index contributed by atoms with van der Waals surface area (Å²) in [6, 6.07) is 13.3. The average molecular weight is 441 g/mol. The molecule has 1 saturated heterocycles. The highest BCUT2D eigenvalue weighted by molar-refractivity contribution is 6.07. The molecule has 0 N–H and O–H groups in total. The van der Waals surface area contributed by atoms with Gasteiger partial charge in [0, 0.05) is 26.1 Å². The van der Waals surface area contributed by atoms with Gasteiger partial charge in [-0.1, -0.05) is 12.1 Å². The van der Waals surface area contributed by atoms with Crippen LogP contribution in [0.25, 0.3) is 33.6 Å². The number of aryl methyl sites for hydroxylation is 2. The largest absolute Gasteiger partial charge is 0.463 e. The Bertz CT molecular complexity index is 1440. The van der Waals surface area contributed by atoms with Crippen LogP contribution in [0.3, 0.4) is 0 Å². The van der Waals surface area contributed by atoms with Crippen LogP contribution < -0.4 is 0 Å². The lowest BCUT2D eigenvalue weighted by Gasteiger charge is -2.31. The number of para-hydroxylation sites is 2. The van der Waals surface area contributed by atoms with Gasteiger partial charge in [-0.25, -0.2) is 9.97 Å². The van der Waals surface area contributed by atoms with Crippen molar-refractivity contribution < 1.29 is 13.6 Å². The second-order valence-electron chi connectivity index (χ2n) is 8.53. The quantitative estimate of drug-likeness (QED) is 0.403. The maximum absolute atomic E-state index is 13.7. The molecule has 1 amide bonds. The fraction of sp³-hybridized carbons (Fsp3) is 0.280. The van der Waals surface area contributed by atoms with Gasteiger partial charge in [-0.15, -0.1) is 0 Å². The van der Waals surface area contributed by atoms with Gasteiger partial charge < -0.3 is 13.7 Å². The smallest absolute Gasteiger partial charge is 0.254 e. The highest BCUT2D eigenvalue weighted by Gasteiger charge is 2.30. The topological polar surface area (TPSA) is 90.2 Å². The van der Waals surface area contributed by atoms with E-state index in [1.165, 1.54) is 0 Å². The Hall–Kier alpha value is -3.94. The van der Waals surface area contributed by atoms with Crippen molar-refractivity contribution in [2.75, 3.05) is 13.1 Å². The van der Waals surface area contributed by atoms with Crippen molar-refractivity contribution in [2.45, 2.75) is 25.7 Å². The van der Waals surface area contributed by atoms with Gasteiger partial charge in [0.15, 0.2) is 22.9 Å². The Morgan fingerprint density at radius 1 is 1.09 bits per heavy atom. The van der Waals surface area contributed by atoms with Gasteiger partial charge in [-0.3, -0.25) is 9.48 Å². The molecule has 0 spiro atoms. The van der Waals surface area contributed by atoms with Crippen LogP contribution in [0.5, 0.6) is 0 Å². The van der Waals surface area contributed by atoms with Gasteiger partial charge in [0.2, 0.25) is 0 Å². The lowest BCUT2D eigenvalue weighted by atomic mass is 9.96. The molecule has 1 aliphatic rings. The first-order valence-corrected chi connectivity index (χ1v) is 11.1. The van der Waals surface area contributed by atoms with Crippen molar-refractivity contribution in [3.8, 4) is 11.5 Å². The van der Waals surface area contributed by atoms with E-state index in [2.05, 4.69) is 10.1 Å². The summed E-state index contributed by atoms with van der Waals surface area (Å²) in [5, 5.41) is 5.30. The first-order valence-electron chi connectivity index (χ1n) is 11.1. The molecular formula is C25H23N5O3. The highest BCUT2D eigenvalue weighted by atomic mass is 16.3. The first-order chi connectivity index (χ1) is 16.1. The molecule has 8 nitrogen and oxygen atoms in total. The number of hydrogen-bond acceptors (Lipinski definition) is 6. The van der Waals surface area contributed by atoms with E-state index >= 15 is 0 Å². The molecule has 1 aliphatic heterocycles. The van der Waals surface area contributed by atoms with Crippen LogP contribution in [0.4, 0.5) is 0 Å². The van der Waals surface area contributed by atoms with E-state index in [4.69, 9.17) is 13.8 Å². The summed E-state index contributed by atoms with van der Waals surface area (Å²) in [6.45, 7) is 3.19. The number of fused-ring (bicyclic) bond motifs is 2. The Morgan fingerprint density at radius 2 is 1.91 bits per heavy atom. The number of carbonyl (C=O) groups excluding carboxylic acids is 1. The van der Waals surface area contributed by atoms with E-state index in [1.807, 2.05) is 61.3 Å². The third-order valence-electron chi connectivity index (χ3n) is 6.41. The average Bonchev–Trinajstić information content (AvgIpc) is 3.58. The van der Waals surface area contributed by atoms with E-state index in [9.17, 15) is 4.79 Å². The molecule has 0 aliphatic carbocycles. The van der Waals surface area contributed by atoms with Crippen LogP contribution in [0.2, 0.25) is 0 Å². The first kappa shape index (κ1) is 19.7. The molecule has 1 fully saturated rings. The van der Waals surface area contributed by atoms with Gasteiger partial charge >= 0.3 is 0 Å². The van der Waals surface area contributed by atoms with Gasteiger partial charge in [-0.05, 0) is 50.1 Å². The Kier molecular flexibility index (Phi) is 4.53. The normalized spacial score (nSPS) is 15.0. The summed E-state index contributed by atoms with van der Waals surface area (Å²) in [4.78, 5) is 25.0. The molecule has 0 bridgehead atoms. The SMILES string of the molecule is Cc1nn(C)c2nc(-c3ccco3)cc(C(=O)N3CCC(c4nc5ccccc5o4)CC3)c12. The molecule has 166 valence electrons. The second-order valence-corrected chi connectivity index (χ2v) is 8.53. The molecule has 0 radical (unpaired) electrons. The third kappa shape index (κ3) is 3.29. The van der Waals surface area contributed by atoms with E-state index in [0.717, 1.165) is 40.9 Å². The Labute approximate surface area is 189 Å². The van der Waals surface area contributed by atoms with Crippen molar-refractivity contribution in [2.24, 2.45) is 7.05 Å². The van der Waals surface area contributed by atoms with E-state index in [-0.39, 0.29) is 11.8 Å². The number of rotatable bonds is 3. The number of nitrogens with zero attached hydrogens (tertiary/aromatic N) is 5. The van der Waals surface area contributed by atoms with Gasteiger partial charge in [0.1, 0.15) is 11.2 Å². The summed E-state index contributed by atoms with van der Waals surface area (Å²) in [6.07, 6.45) is 3.22. The van der Waals surface area contributed by atoms with Crippen LogP contribution in [0, 0.1) is 6.92 Å². The molecular weight excluding hydrogens is 418 g/mol. The number of piperidine rings is 1. The van der Waals surface area contributed by atoms with Crippen molar-refractivity contribution in [3.63, 3.8) is 0 Å². The fourth-order valence-corrected chi connectivity index (χ4v) is 4.73. The predicted octanol–water partition coefficient (Wildman–Crippen LogP) is 4.70. The van der Waals surface area contributed by atoms with Crippen LogP contribution in [0.1, 0.15) is 40.7 Å². The highest BCUT2D eigenvalue weighted by Crippen LogP contribution is 2.32. The number of furan rings is 1. The molecule has 4 aromatic heterocycles. The van der Waals surface area contributed by atoms with E-state index in [0.29, 0.717) is 35.8 Å². The van der Waals surface area contributed by atoms with Gasteiger partial charge in [0.05, 0.1) is 22.9 Å². The van der Waals surface area contributed by atoms with Crippen molar-refractivity contribution in [3.05, 3.63) is 65.9 Å². The van der Waals surface area contributed by atoms with Gasteiger partial charge in [-0.2, -0.15) is 5.10 Å². The molecule has 5 aromatic rings. The predicted molar refractivity (Wildman–Crippen MR) is 123 cm³/mol. The maximum atomic E-state index is 13.7. The minimum atomic E-state index is -0.0117. The number of oxazole rings is 1. The van der Waals surface area contributed by atoms with E-state index < -0.39 is 0 Å². The van der Waals surface area contributed by atoms with Crippen molar-refractivity contribution in [1.29, 1.82) is 0 Å². The zero-order chi connectivity index (χ0) is 22.5. The lowest BCUT2D eigenvalue weighted by molar-refractivity contribution is 0.0708. The fourth-order valence-electron chi connectivity index (χ4n) is 4.73. The zero-order valence-corrected chi connectivity index (χ0v) is 18.5. The number of hydrogen-bond donors (Lipinski definition) is 0. The molecule has 0 saturated carbocycles. The Balaban J connectivity index is 1.30. The number of carbonyl (C=O) groups is 1. The maximum Gasteiger partial charge on any atom is 0.254 e. The lowest BCUT2D eigenvalue weighted by Crippen LogP contribution is -2.38. The standard InChI is InChI=1S/C25H23N5O3/c1-15-22-17(14-19(20-8-5-13-32-20)26-23(22)29(2)28-15)25(31)30-11-9-16(10-12-30)24-27-18-6-3-4-7-21(18)33-24/h3-8,13-14,16H,9-12H2,1-2H3. The van der Waals surface area contributed by atoms with Crippen LogP contribution in [0.15, 0.2) is 57.6 Å². The Morgan fingerprint density at radius 3 is 2.67 bits per heavy atom. The molecule has 5 heterocycles. The summed E-state index contributed by atoms with van der Waals surface area (Å²) in [5.41, 5.74) is 4.38. The molecule has 8 heteroatoms. The summed E-state index contributed by atoms with van der Waals surface area (Å²) < 4.78 is 13.2. The number of amides is 1.